The van der Waals surface area contributed by atoms with Gasteiger partial charge >= 0.3 is 0 Å². The number of ether oxygens (including phenoxy) is 1. The number of H-pyrrole nitrogens is 1. The Morgan fingerprint density at radius 1 is 1.14 bits per heavy atom. The number of hydrogen-bond acceptors (Lipinski definition) is 5. The van der Waals surface area contributed by atoms with Crippen molar-refractivity contribution in [2.45, 2.75) is 18.4 Å². The van der Waals surface area contributed by atoms with Crippen molar-refractivity contribution >= 4 is 11.7 Å². The van der Waals surface area contributed by atoms with E-state index in [1.165, 1.54) is 0 Å². The van der Waals surface area contributed by atoms with E-state index in [2.05, 4.69) is 15.2 Å². The molecule has 4 heterocycles. The molecule has 1 unspecified atom stereocenters. The number of aromatic nitrogens is 3. The zero-order valence-corrected chi connectivity index (χ0v) is 15.1. The summed E-state index contributed by atoms with van der Waals surface area (Å²) in [6.07, 6.45) is 2.60. The molecule has 5 rings (SSSR count). The van der Waals surface area contributed by atoms with E-state index in [0.29, 0.717) is 47.9 Å². The first-order valence-electron chi connectivity index (χ1n) is 9.21. The van der Waals surface area contributed by atoms with Crippen LogP contribution in [0.25, 0.3) is 11.4 Å². The van der Waals surface area contributed by atoms with Gasteiger partial charge in [-0.15, -0.1) is 0 Å². The van der Waals surface area contributed by atoms with E-state index in [0.717, 1.165) is 0 Å². The number of rotatable bonds is 2. The number of aromatic amines is 1. The summed E-state index contributed by atoms with van der Waals surface area (Å²) in [5.41, 5.74) is 1.70. The van der Waals surface area contributed by atoms with Crippen LogP contribution in [-0.4, -0.2) is 50.5 Å². The van der Waals surface area contributed by atoms with Crippen LogP contribution in [0.4, 0.5) is 0 Å². The second kappa shape index (κ2) is 6.30. The molecular weight excluding hydrogens is 356 g/mol. The lowest BCUT2D eigenvalue weighted by atomic mass is 9.89. The highest BCUT2D eigenvalue weighted by Crippen LogP contribution is 2.38. The number of carbonyl (C=O) groups excluding carboxylic acids is 2. The lowest BCUT2D eigenvalue weighted by molar-refractivity contribution is 0.0427. The van der Waals surface area contributed by atoms with Crippen molar-refractivity contribution in [1.29, 1.82) is 0 Å². The Morgan fingerprint density at radius 2 is 2.00 bits per heavy atom. The molecule has 2 aromatic heterocycles. The highest BCUT2D eigenvalue weighted by Gasteiger charge is 2.47. The number of nitrogens with zero attached hydrogens (tertiary/aromatic N) is 3. The molecule has 0 aliphatic carbocycles. The summed E-state index contributed by atoms with van der Waals surface area (Å²) in [5.74, 6) is 0.517. The Balaban J connectivity index is 1.35. The maximum absolute atomic E-state index is 12.9. The number of ketones is 1. The van der Waals surface area contributed by atoms with E-state index in [-0.39, 0.29) is 18.1 Å². The van der Waals surface area contributed by atoms with Crippen LogP contribution < -0.4 is 4.74 Å². The Bertz CT molecular complexity index is 1060. The number of likely N-dealkylation sites (tertiary alicyclic amines) is 1. The maximum atomic E-state index is 12.9. The number of Topliss-reactive ketones (excluding diaryl/α,β-unsaturated/α-hetero) is 1. The largest absolute Gasteiger partial charge is 0.484 e. The van der Waals surface area contributed by atoms with Gasteiger partial charge in [-0.25, -0.2) is 0 Å². The summed E-state index contributed by atoms with van der Waals surface area (Å²) in [6.45, 7) is 0.913. The third kappa shape index (κ3) is 2.76. The summed E-state index contributed by atoms with van der Waals surface area (Å²) < 4.78 is 6.19. The van der Waals surface area contributed by atoms with Gasteiger partial charge in [-0.05, 0) is 30.3 Å². The highest BCUT2D eigenvalue weighted by atomic mass is 16.5. The van der Waals surface area contributed by atoms with Crippen molar-refractivity contribution in [2.75, 3.05) is 13.1 Å². The molecule has 1 spiro atoms. The van der Waals surface area contributed by atoms with E-state index in [9.17, 15) is 9.59 Å². The minimum Gasteiger partial charge on any atom is -0.484 e. The number of hydrogen-bond donors (Lipinski definition) is 1. The molecule has 1 aromatic carbocycles. The fraction of sp³-hybridized carbons (Fsp3) is 0.238. The van der Waals surface area contributed by atoms with Gasteiger partial charge in [0.25, 0.3) is 5.91 Å². The minimum absolute atomic E-state index is 0.0649. The molecule has 2 aliphatic rings. The molecule has 140 valence electrons. The number of carbonyl (C=O) groups is 2. The third-order valence-corrected chi connectivity index (χ3v) is 5.34. The van der Waals surface area contributed by atoms with Gasteiger partial charge in [-0.1, -0.05) is 18.2 Å². The quantitative estimate of drug-likeness (QED) is 0.745. The molecule has 3 aromatic rings. The van der Waals surface area contributed by atoms with Gasteiger partial charge < -0.3 is 9.64 Å². The van der Waals surface area contributed by atoms with Gasteiger partial charge in [0.15, 0.2) is 5.78 Å². The van der Waals surface area contributed by atoms with Gasteiger partial charge in [-0.2, -0.15) is 5.10 Å². The van der Waals surface area contributed by atoms with E-state index in [1.54, 1.807) is 23.2 Å². The van der Waals surface area contributed by atoms with Crippen molar-refractivity contribution in [3.8, 4) is 17.1 Å². The summed E-state index contributed by atoms with van der Waals surface area (Å²) in [5, 5.41) is 7.01. The van der Waals surface area contributed by atoms with Gasteiger partial charge in [0.05, 0.1) is 24.2 Å². The van der Waals surface area contributed by atoms with Crippen LogP contribution in [0.2, 0.25) is 0 Å². The van der Waals surface area contributed by atoms with Crippen LogP contribution in [0.1, 0.15) is 33.7 Å². The van der Waals surface area contributed by atoms with Crippen LogP contribution in [0.5, 0.6) is 5.75 Å². The monoisotopic (exact) mass is 374 g/mol. The van der Waals surface area contributed by atoms with Gasteiger partial charge in [0.2, 0.25) is 0 Å². The molecule has 1 saturated heterocycles. The fourth-order valence-corrected chi connectivity index (χ4v) is 3.94. The SMILES string of the molecule is O=C1CC2(CCN(C(=O)c3cc(-c4ccccn4)n[nH]3)C2)Oc2ccccc21. The Labute approximate surface area is 161 Å². The van der Waals surface area contributed by atoms with E-state index in [4.69, 9.17) is 4.74 Å². The van der Waals surface area contributed by atoms with Crippen molar-refractivity contribution in [3.63, 3.8) is 0 Å². The molecule has 0 bridgehead atoms. The standard InChI is InChI=1S/C21H18N4O3/c26-18-12-21(28-19-7-2-1-5-14(18)19)8-10-25(13-21)20(27)17-11-16(23-24-17)15-6-3-4-9-22-15/h1-7,9,11H,8,10,12-13H2,(H,23,24). The first-order chi connectivity index (χ1) is 13.6. The average Bonchev–Trinajstić information content (AvgIpc) is 3.36. The number of fused-ring (bicyclic) bond motifs is 1. The molecule has 2 aliphatic heterocycles. The number of nitrogens with one attached hydrogen (secondary N) is 1. The van der Waals surface area contributed by atoms with E-state index in [1.807, 2.05) is 36.4 Å². The first kappa shape index (κ1) is 16.7. The summed E-state index contributed by atoms with van der Waals surface area (Å²) >= 11 is 0. The predicted molar refractivity (Wildman–Crippen MR) is 101 cm³/mol. The number of amides is 1. The summed E-state index contributed by atoms with van der Waals surface area (Å²) in [6, 6.07) is 14.5. The van der Waals surface area contributed by atoms with Crippen LogP contribution >= 0.6 is 0 Å². The van der Waals surface area contributed by atoms with Crippen molar-refractivity contribution in [2.24, 2.45) is 0 Å². The van der Waals surface area contributed by atoms with Crippen LogP contribution in [0.3, 0.4) is 0 Å². The van der Waals surface area contributed by atoms with Crippen LogP contribution in [0.15, 0.2) is 54.7 Å². The number of para-hydroxylation sites is 1. The molecule has 28 heavy (non-hydrogen) atoms. The van der Waals surface area contributed by atoms with E-state index < -0.39 is 5.60 Å². The van der Waals surface area contributed by atoms with Crippen molar-refractivity contribution in [1.82, 2.24) is 20.1 Å². The van der Waals surface area contributed by atoms with E-state index >= 15 is 0 Å². The molecule has 0 saturated carbocycles. The Morgan fingerprint density at radius 3 is 2.86 bits per heavy atom. The fourth-order valence-electron chi connectivity index (χ4n) is 3.94. The molecule has 0 radical (unpaired) electrons. The lowest BCUT2D eigenvalue weighted by Gasteiger charge is -2.34. The number of pyridine rings is 1. The third-order valence-electron chi connectivity index (χ3n) is 5.34. The van der Waals surface area contributed by atoms with Gasteiger partial charge in [-0.3, -0.25) is 19.7 Å². The molecule has 7 nitrogen and oxygen atoms in total. The van der Waals surface area contributed by atoms with Gasteiger partial charge in [0, 0.05) is 19.2 Å². The average molecular weight is 374 g/mol. The Hall–Kier alpha value is -3.48. The summed E-state index contributed by atoms with van der Waals surface area (Å²) in [4.78, 5) is 31.5. The molecule has 1 amide bonds. The van der Waals surface area contributed by atoms with Crippen molar-refractivity contribution < 1.29 is 14.3 Å². The van der Waals surface area contributed by atoms with Crippen molar-refractivity contribution in [3.05, 3.63) is 66.0 Å². The molecule has 1 fully saturated rings. The second-order valence-electron chi connectivity index (χ2n) is 7.24. The first-order valence-corrected chi connectivity index (χ1v) is 9.21. The van der Waals surface area contributed by atoms with Crippen LogP contribution in [-0.2, 0) is 0 Å². The van der Waals surface area contributed by atoms with Gasteiger partial charge in [0.1, 0.15) is 22.7 Å². The highest BCUT2D eigenvalue weighted by molar-refractivity contribution is 6.00. The molecule has 7 heteroatoms. The number of benzene rings is 1. The molecule has 1 atom stereocenters. The van der Waals surface area contributed by atoms with Crippen LogP contribution in [0, 0.1) is 0 Å². The predicted octanol–water partition coefficient (Wildman–Crippen LogP) is 2.72. The minimum atomic E-state index is -0.648. The lowest BCUT2D eigenvalue weighted by Crippen LogP contribution is -2.45. The topological polar surface area (TPSA) is 88.2 Å². The zero-order valence-electron chi connectivity index (χ0n) is 15.1. The second-order valence-corrected chi connectivity index (χ2v) is 7.24. The smallest absolute Gasteiger partial charge is 0.272 e. The summed E-state index contributed by atoms with van der Waals surface area (Å²) in [7, 11) is 0. The maximum Gasteiger partial charge on any atom is 0.272 e. The Kier molecular flexibility index (Phi) is 3.75. The molecule has 1 N–H and O–H groups in total. The zero-order chi connectivity index (χ0) is 19.1. The normalized spacial score (nSPS) is 20.9. The molecular formula is C21H18N4O3.